The Morgan fingerprint density at radius 3 is 1.82 bits per heavy atom. The maximum Gasteiger partial charge on any atom is 0.159 e. The second-order valence-electron chi connectivity index (χ2n) is 11.5. The molecule has 0 N–H and O–H groups in total. The number of aromatic nitrogens is 4. The smallest absolute Gasteiger partial charge is 0.159 e. The molecule has 6 aromatic carbocycles. The van der Waals surface area contributed by atoms with Crippen molar-refractivity contribution in [2.24, 2.45) is 0 Å². The van der Waals surface area contributed by atoms with Gasteiger partial charge in [0.15, 0.2) is 11.6 Å². The molecule has 0 amide bonds. The summed E-state index contributed by atoms with van der Waals surface area (Å²) in [7, 11) is 0. The predicted octanol–water partition coefficient (Wildman–Crippen LogP) is 10.00. The lowest BCUT2D eigenvalue weighted by Crippen LogP contribution is -1.97. The van der Waals surface area contributed by atoms with E-state index in [2.05, 4.69) is 109 Å². The zero-order valence-electron chi connectivity index (χ0n) is 23.5. The molecule has 204 valence electrons. The summed E-state index contributed by atoms with van der Waals surface area (Å²) in [6.45, 7) is 0. The lowest BCUT2D eigenvalue weighted by atomic mass is 10.0. The Bertz CT molecular complexity index is 2650. The molecule has 10 rings (SSSR count). The van der Waals surface area contributed by atoms with Gasteiger partial charge in [0.2, 0.25) is 0 Å². The Labute approximate surface area is 256 Å². The van der Waals surface area contributed by atoms with E-state index in [-0.39, 0.29) is 0 Å². The van der Waals surface area contributed by atoms with E-state index >= 15 is 0 Å². The number of nitrogens with zero attached hydrogens (tertiary/aromatic N) is 4. The highest BCUT2D eigenvalue weighted by Crippen LogP contribution is 2.40. The minimum atomic E-state index is 0.695. The molecule has 0 saturated heterocycles. The van der Waals surface area contributed by atoms with Gasteiger partial charge in [-0.05, 0) is 69.8 Å². The first-order valence-electron chi connectivity index (χ1n) is 14.8. The van der Waals surface area contributed by atoms with Gasteiger partial charge in [0.25, 0.3) is 0 Å². The second kappa shape index (κ2) is 8.99. The van der Waals surface area contributed by atoms with E-state index < -0.39 is 0 Å². The molecular formula is C39H22N4S. The zero-order valence-corrected chi connectivity index (χ0v) is 24.3. The zero-order chi connectivity index (χ0) is 28.8. The Balaban J connectivity index is 1.20. The van der Waals surface area contributed by atoms with Crippen LogP contribution in [0.1, 0.15) is 11.1 Å². The molecule has 0 fully saturated rings. The minimum Gasteiger partial charge on any atom is -0.236 e. The summed E-state index contributed by atoms with van der Waals surface area (Å²) < 4.78 is 2.55. The summed E-state index contributed by atoms with van der Waals surface area (Å²) in [5.74, 6) is 1.40. The molecule has 5 heteroatoms. The highest BCUT2D eigenvalue weighted by atomic mass is 32.1. The highest BCUT2D eigenvalue weighted by molar-refractivity contribution is 7.25. The molecule has 3 heterocycles. The molecule has 0 aliphatic heterocycles. The van der Waals surface area contributed by atoms with Gasteiger partial charge >= 0.3 is 0 Å². The number of fused-ring (bicyclic) bond motifs is 12. The van der Waals surface area contributed by atoms with E-state index in [0.29, 0.717) is 11.6 Å². The normalized spacial score (nSPS) is 12.5. The summed E-state index contributed by atoms with van der Waals surface area (Å²) in [5, 5.41) is 6.69. The summed E-state index contributed by atoms with van der Waals surface area (Å²) in [5.41, 5.74) is 8.97. The lowest BCUT2D eigenvalue weighted by molar-refractivity contribution is 1.21. The average Bonchev–Trinajstić information content (AvgIpc) is 3.65. The largest absolute Gasteiger partial charge is 0.236 e. The fourth-order valence-corrected chi connectivity index (χ4v) is 7.96. The quantitative estimate of drug-likeness (QED) is 0.192. The summed E-state index contributed by atoms with van der Waals surface area (Å²) in [6, 6.07) is 38.8. The average molecular weight is 579 g/mol. The third-order valence-corrected chi connectivity index (χ3v) is 10.2. The van der Waals surface area contributed by atoms with Crippen molar-refractivity contribution in [3.05, 3.63) is 133 Å². The summed E-state index contributed by atoms with van der Waals surface area (Å²) >= 11 is 1.82. The van der Waals surface area contributed by atoms with Crippen LogP contribution in [0.5, 0.6) is 0 Å². The van der Waals surface area contributed by atoms with Crippen LogP contribution in [0.15, 0.2) is 122 Å². The number of thiophene rings is 1. The fourth-order valence-electron chi connectivity index (χ4n) is 6.88. The van der Waals surface area contributed by atoms with E-state index in [9.17, 15) is 0 Å². The van der Waals surface area contributed by atoms with Gasteiger partial charge in [-0.15, -0.1) is 11.3 Å². The first kappa shape index (κ1) is 24.0. The van der Waals surface area contributed by atoms with Gasteiger partial charge < -0.3 is 0 Å². The number of benzene rings is 6. The van der Waals surface area contributed by atoms with E-state index in [4.69, 9.17) is 19.9 Å². The summed E-state index contributed by atoms with van der Waals surface area (Å²) in [6.07, 6.45) is 4.89. The van der Waals surface area contributed by atoms with Crippen molar-refractivity contribution in [1.82, 2.24) is 19.9 Å². The van der Waals surface area contributed by atoms with Crippen molar-refractivity contribution in [2.75, 3.05) is 0 Å². The van der Waals surface area contributed by atoms with Crippen molar-refractivity contribution in [3.8, 4) is 33.9 Å². The van der Waals surface area contributed by atoms with Crippen molar-refractivity contribution >= 4 is 64.1 Å². The summed E-state index contributed by atoms with van der Waals surface area (Å²) in [4.78, 5) is 20.2. The molecule has 44 heavy (non-hydrogen) atoms. The molecule has 9 aromatic rings. The molecule has 0 unspecified atom stereocenters. The van der Waals surface area contributed by atoms with Gasteiger partial charge in [0, 0.05) is 54.5 Å². The molecule has 1 aliphatic carbocycles. The van der Waals surface area contributed by atoms with E-state index in [1.54, 1.807) is 0 Å². The molecular weight excluding hydrogens is 557 g/mol. The van der Waals surface area contributed by atoms with Gasteiger partial charge in [-0.25, -0.2) is 19.9 Å². The SMILES string of the molecule is c1ccc2c(c1)Cc1ccc(-c3ncc4c5ccccc5c5cnc(-c6ccc7sc8ccccc8c7c6)nc5c4n3)cc1-2. The molecule has 3 aromatic heterocycles. The van der Waals surface area contributed by atoms with Crippen molar-refractivity contribution in [3.63, 3.8) is 0 Å². The minimum absolute atomic E-state index is 0.695. The van der Waals surface area contributed by atoms with Gasteiger partial charge in [-0.1, -0.05) is 78.9 Å². The van der Waals surface area contributed by atoms with Crippen LogP contribution in [0.4, 0.5) is 0 Å². The van der Waals surface area contributed by atoms with Gasteiger partial charge in [-0.2, -0.15) is 0 Å². The standard InChI is InChI=1S/C39H22N4S/c1-2-8-26-22(7-1)17-23-13-14-24(18-30(23)26)38-40-20-32-27-9-3-4-10-28(27)33-21-41-39(43-37(33)36(32)42-38)25-15-16-35-31(19-25)29-11-5-6-12-34(29)44-35/h1-16,18-21H,17H2. The van der Waals surface area contributed by atoms with Gasteiger partial charge in [-0.3, -0.25) is 0 Å². The van der Waals surface area contributed by atoms with Crippen LogP contribution < -0.4 is 0 Å². The molecule has 1 aliphatic rings. The first-order chi connectivity index (χ1) is 21.8. The highest BCUT2D eigenvalue weighted by Gasteiger charge is 2.20. The van der Waals surface area contributed by atoms with Crippen LogP contribution >= 0.6 is 11.3 Å². The third-order valence-electron chi connectivity index (χ3n) is 9.00. The maximum atomic E-state index is 5.22. The van der Waals surface area contributed by atoms with Gasteiger partial charge in [0.05, 0.1) is 0 Å². The number of rotatable bonds is 2. The Morgan fingerprint density at radius 2 is 1.05 bits per heavy atom. The third kappa shape index (κ3) is 3.44. The Morgan fingerprint density at radius 1 is 0.455 bits per heavy atom. The van der Waals surface area contributed by atoms with Gasteiger partial charge in [0.1, 0.15) is 11.0 Å². The van der Waals surface area contributed by atoms with Crippen LogP contribution in [-0.2, 0) is 6.42 Å². The second-order valence-corrected chi connectivity index (χ2v) is 12.6. The van der Waals surface area contributed by atoms with Crippen LogP contribution in [0.3, 0.4) is 0 Å². The van der Waals surface area contributed by atoms with Crippen molar-refractivity contribution in [1.29, 1.82) is 0 Å². The van der Waals surface area contributed by atoms with Crippen LogP contribution in [0, 0.1) is 0 Å². The molecule has 0 atom stereocenters. The van der Waals surface area contributed by atoms with E-state index in [0.717, 1.165) is 50.1 Å². The van der Waals surface area contributed by atoms with Crippen molar-refractivity contribution < 1.29 is 0 Å². The van der Waals surface area contributed by atoms with Crippen LogP contribution in [-0.4, -0.2) is 19.9 Å². The predicted molar refractivity (Wildman–Crippen MR) is 182 cm³/mol. The molecule has 0 spiro atoms. The van der Waals surface area contributed by atoms with Crippen LogP contribution in [0.2, 0.25) is 0 Å². The van der Waals surface area contributed by atoms with E-state index in [1.807, 2.05) is 23.7 Å². The molecule has 4 nitrogen and oxygen atoms in total. The molecule has 0 bridgehead atoms. The van der Waals surface area contributed by atoms with Crippen LogP contribution in [0.25, 0.3) is 86.7 Å². The molecule has 0 saturated carbocycles. The number of hydrogen-bond donors (Lipinski definition) is 0. The number of hydrogen-bond acceptors (Lipinski definition) is 5. The van der Waals surface area contributed by atoms with E-state index in [1.165, 1.54) is 42.4 Å². The topological polar surface area (TPSA) is 51.6 Å². The lowest BCUT2D eigenvalue weighted by Gasteiger charge is -2.11. The van der Waals surface area contributed by atoms with Crippen molar-refractivity contribution in [2.45, 2.75) is 6.42 Å². The first-order valence-corrected chi connectivity index (χ1v) is 15.6. The fraction of sp³-hybridized carbons (Fsp3) is 0.0256. The Kier molecular flexibility index (Phi) is 4.90. The monoisotopic (exact) mass is 578 g/mol. The Hall–Kier alpha value is -5.52. The molecule has 0 radical (unpaired) electrons. The maximum absolute atomic E-state index is 5.22.